The standard InChI is InChI=1S/C15H21N3O6/c1-8(13(18)15(22)24-12(20)7-16)23-14(21)11(17)6-9-2-4-10(19)5-3-9/h2-5,8,11,13,19H,6-7,16-18H2,1H3/t8-,11+,13+/m1/s1. The van der Waals surface area contributed by atoms with E-state index in [1.165, 1.54) is 19.1 Å². The average Bonchev–Trinajstić information content (AvgIpc) is 2.55. The number of rotatable bonds is 7. The Bertz CT molecular complexity index is 589. The van der Waals surface area contributed by atoms with Gasteiger partial charge in [0.1, 0.15) is 23.9 Å². The van der Waals surface area contributed by atoms with Gasteiger partial charge in [0, 0.05) is 0 Å². The molecule has 132 valence electrons. The van der Waals surface area contributed by atoms with Crippen LogP contribution in [-0.4, -0.2) is 47.7 Å². The number of esters is 3. The third-order valence-corrected chi connectivity index (χ3v) is 3.16. The number of aromatic hydroxyl groups is 1. The minimum atomic E-state index is -1.34. The first-order chi connectivity index (χ1) is 11.2. The molecule has 0 unspecified atom stereocenters. The van der Waals surface area contributed by atoms with Gasteiger partial charge < -0.3 is 31.8 Å². The summed E-state index contributed by atoms with van der Waals surface area (Å²) >= 11 is 0. The number of carbonyl (C=O) groups excluding carboxylic acids is 3. The van der Waals surface area contributed by atoms with E-state index in [-0.39, 0.29) is 12.2 Å². The van der Waals surface area contributed by atoms with Crippen LogP contribution in [0.1, 0.15) is 12.5 Å². The van der Waals surface area contributed by atoms with Crippen molar-refractivity contribution in [1.82, 2.24) is 0 Å². The van der Waals surface area contributed by atoms with Crippen molar-refractivity contribution in [3.63, 3.8) is 0 Å². The van der Waals surface area contributed by atoms with Gasteiger partial charge in [-0.2, -0.15) is 0 Å². The van der Waals surface area contributed by atoms with E-state index in [1.54, 1.807) is 12.1 Å². The molecule has 0 aliphatic carbocycles. The Hall–Kier alpha value is -2.49. The number of phenols is 1. The minimum absolute atomic E-state index is 0.0973. The van der Waals surface area contributed by atoms with E-state index >= 15 is 0 Å². The molecule has 3 atom stereocenters. The van der Waals surface area contributed by atoms with Gasteiger partial charge in [-0.15, -0.1) is 0 Å². The highest BCUT2D eigenvalue weighted by Gasteiger charge is 2.28. The lowest BCUT2D eigenvalue weighted by molar-refractivity contribution is -0.163. The fourth-order valence-corrected chi connectivity index (χ4v) is 1.73. The molecule has 0 aliphatic heterocycles. The molecule has 0 saturated carbocycles. The van der Waals surface area contributed by atoms with Crippen LogP contribution in [0.4, 0.5) is 0 Å². The van der Waals surface area contributed by atoms with E-state index in [2.05, 4.69) is 4.74 Å². The Morgan fingerprint density at radius 3 is 2.25 bits per heavy atom. The summed E-state index contributed by atoms with van der Waals surface area (Å²) in [5.41, 5.74) is 17.1. The minimum Gasteiger partial charge on any atom is -0.508 e. The summed E-state index contributed by atoms with van der Waals surface area (Å²) in [6.07, 6.45) is -0.863. The Morgan fingerprint density at radius 2 is 1.71 bits per heavy atom. The van der Waals surface area contributed by atoms with E-state index in [1.807, 2.05) is 0 Å². The van der Waals surface area contributed by atoms with Crippen molar-refractivity contribution < 1.29 is 29.0 Å². The van der Waals surface area contributed by atoms with Gasteiger partial charge >= 0.3 is 17.9 Å². The second kappa shape index (κ2) is 8.96. The smallest absolute Gasteiger partial charge is 0.334 e. The van der Waals surface area contributed by atoms with E-state index in [0.29, 0.717) is 0 Å². The molecule has 0 fully saturated rings. The summed E-state index contributed by atoms with van der Waals surface area (Å²) in [6.45, 7) is 0.911. The molecule has 7 N–H and O–H groups in total. The Balaban J connectivity index is 2.54. The van der Waals surface area contributed by atoms with Gasteiger partial charge in [-0.05, 0) is 31.0 Å². The lowest BCUT2D eigenvalue weighted by Gasteiger charge is -2.20. The van der Waals surface area contributed by atoms with Gasteiger partial charge in [0.2, 0.25) is 0 Å². The molecule has 1 rings (SSSR count). The van der Waals surface area contributed by atoms with Gasteiger partial charge in [-0.3, -0.25) is 9.59 Å². The number of ether oxygens (including phenoxy) is 2. The van der Waals surface area contributed by atoms with Crippen LogP contribution >= 0.6 is 0 Å². The number of nitrogens with two attached hydrogens (primary N) is 3. The van der Waals surface area contributed by atoms with Crippen LogP contribution in [0.3, 0.4) is 0 Å². The van der Waals surface area contributed by atoms with Crippen molar-refractivity contribution >= 4 is 17.9 Å². The van der Waals surface area contributed by atoms with Crippen LogP contribution in [0.2, 0.25) is 0 Å². The quantitative estimate of drug-likeness (QED) is 0.343. The van der Waals surface area contributed by atoms with Crippen molar-refractivity contribution in [3.05, 3.63) is 29.8 Å². The van der Waals surface area contributed by atoms with Gasteiger partial charge in [0.25, 0.3) is 0 Å². The maximum absolute atomic E-state index is 11.9. The number of benzene rings is 1. The number of hydrogen-bond acceptors (Lipinski definition) is 9. The third kappa shape index (κ3) is 5.95. The van der Waals surface area contributed by atoms with E-state index < -0.39 is 42.6 Å². The highest BCUT2D eigenvalue weighted by atomic mass is 16.6. The molecule has 0 amide bonds. The molecule has 24 heavy (non-hydrogen) atoms. The third-order valence-electron chi connectivity index (χ3n) is 3.16. The van der Waals surface area contributed by atoms with Crippen molar-refractivity contribution in [2.75, 3.05) is 6.54 Å². The SMILES string of the molecule is C[C@@H](OC(=O)[C@@H](N)Cc1ccc(O)cc1)[C@H](N)C(=O)OC(=O)CN. The van der Waals surface area contributed by atoms with Crippen molar-refractivity contribution in [2.45, 2.75) is 31.5 Å². The summed E-state index contributed by atoms with van der Waals surface area (Å²) in [4.78, 5) is 34.4. The summed E-state index contributed by atoms with van der Waals surface area (Å²) in [5.74, 6) is -2.64. The highest BCUT2D eigenvalue weighted by molar-refractivity contribution is 5.89. The van der Waals surface area contributed by atoms with Gasteiger partial charge in [-0.25, -0.2) is 4.79 Å². The number of hydrogen-bond donors (Lipinski definition) is 4. The normalized spacial score (nSPS) is 14.3. The van der Waals surface area contributed by atoms with Crippen LogP contribution in [0, 0.1) is 0 Å². The van der Waals surface area contributed by atoms with E-state index in [9.17, 15) is 19.5 Å². The molecule has 9 nitrogen and oxygen atoms in total. The van der Waals surface area contributed by atoms with Crippen LogP contribution in [0.15, 0.2) is 24.3 Å². The maximum Gasteiger partial charge on any atom is 0.334 e. The molecule has 0 heterocycles. The largest absolute Gasteiger partial charge is 0.508 e. The van der Waals surface area contributed by atoms with Crippen LogP contribution in [0.25, 0.3) is 0 Å². The zero-order valence-corrected chi connectivity index (χ0v) is 13.2. The second-order valence-electron chi connectivity index (χ2n) is 5.14. The molecule has 0 bridgehead atoms. The molecule has 0 aliphatic rings. The Labute approximate surface area is 138 Å². The average molecular weight is 339 g/mol. The fraction of sp³-hybridized carbons (Fsp3) is 0.400. The summed E-state index contributed by atoms with van der Waals surface area (Å²) in [5, 5.41) is 9.20. The topological polar surface area (TPSA) is 168 Å². The van der Waals surface area contributed by atoms with Crippen molar-refractivity contribution in [3.8, 4) is 5.75 Å². The molecule has 9 heteroatoms. The molecular weight excluding hydrogens is 318 g/mol. The highest BCUT2D eigenvalue weighted by Crippen LogP contribution is 2.11. The molecule has 1 aromatic carbocycles. The first-order valence-electron chi connectivity index (χ1n) is 7.18. The first kappa shape index (κ1) is 19.6. The van der Waals surface area contributed by atoms with E-state index in [0.717, 1.165) is 5.56 Å². The van der Waals surface area contributed by atoms with Crippen LogP contribution in [-0.2, 0) is 30.3 Å². The lowest BCUT2D eigenvalue weighted by Crippen LogP contribution is -2.47. The molecular formula is C15H21N3O6. The Kier molecular flexibility index (Phi) is 7.31. The Morgan fingerprint density at radius 1 is 1.12 bits per heavy atom. The maximum atomic E-state index is 11.9. The summed E-state index contributed by atoms with van der Waals surface area (Å²) < 4.78 is 9.38. The zero-order valence-electron chi connectivity index (χ0n) is 13.2. The van der Waals surface area contributed by atoms with E-state index in [4.69, 9.17) is 21.9 Å². The zero-order chi connectivity index (χ0) is 18.3. The molecule has 0 saturated heterocycles. The monoisotopic (exact) mass is 339 g/mol. The predicted molar refractivity (Wildman–Crippen MR) is 83.5 cm³/mol. The summed E-state index contributed by atoms with van der Waals surface area (Å²) in [6, 6.07) is 3.85. The van der Waals surface area contributed by atoms with Crippen LogP contribution < -0.4 is 17.2 Å². The number of carbonyl (C=O) groups is 3. The molecule has 0 spiro atoms. The van der Waals surface area contributed by atoms with Gasteiger partial charge in [0.05, 0.1) is 6.54 Å². The predicted octanol–water partition coefficient (Wildman–Crippen LogP) is -1.45. The molecule has 1 aromatic rings. The lowest BCUT2D eigenvalue weighted by atomic mass is 10.1. The molecule has 0 aromatic heterocycles. The van der Waals surface area contributed by atoms with Crippen LogP contribution in [0.5, 0.6) is 5.75 Å². The fourth-order valence-electron chi connectivity index (χ4n) is 1.73. The first-order valence-corrected chi connectivity index (χ1v) is 7.18. The van der Waals surface area contributed by atoms with Gasteiger partial charge in [-0.1, -0.05) is 12.1 Å². The van der Waals surface area contributed by atoms with Gasteiger partial charge in [0.15, 0.2) is 0 Å². The number of phenolic OH excluding ortho intramolecular Hbond substituents is 1. The second-order valence-corrected chi connectivity index (χ2v) is 5.14. The van der Waals surface area contributed by atoms with Crippen molar-refractivity contribution in [1.29, 1.82) is 0 Å². The molecule has 0 radical (unpaired) electrons. The van der Waals surface area contributed by atoms with Crippen molar-refractivity contribution in [2.24, 2.45) is 17.2 Å². The summed E-state index contributed by atoms with van der Waals surface area (Å²) in [7, 11) is 0.